The molecule has 1 aromatic carbocycles. The zero-order chi connectivity index (χ0) is 15.1. The van der Waals surface area contributed by atoms with Gasteiger partial charge in [0.05, 0.1) is 4.47 Å². The van der Waals surface area contributed by atoms with Crippen molar-refractivity contribution in [2.75, 3.05) is 26.2 Å². The summed E-state index contributed by atoms with van der Waals surface area (Å²) in [6, 6.07) is 6.41. The topological polar surface area (TPSA) is 38.5 Å². The maximum Gasteiger partial charge on any atom is 0.136 e. The monoisotopic (exact) mass is 354 g/mol. The molecule has 1 aliphatic rings. The fraction of sp³-hybridized carbons (Fsp3) is 0.647. The molecule has 1 unspecified atom stereocenters. The Morgan fingerprint density at radius 1 is 1.29 bits per heavy atom. The third-order valence-corrected chi connectivity index (χ3v) is 4.78. The van der Waals surface area contributed by atoms with E-state index < -0.39 is 0 Å². The highest BCUT2D eigenvalue weighted by Gasteiger charge is 2.13. The number of piperidine rings is 1. The normalized spacial score (nSPS) is 17.7. The maximum absolute atomic E-state index is 6.09. The molecular weight excluding hydrogens is 328 g/mol. The van der Waals surface area contributed by atoms with Gasteiger partial charge in [-0.3, -0.25) is 4.90 Å². The van der Waals surface area contributed by atoms with Gasteiger partial charge >= 0.3 is 0 Å². The minimum atomic E-state index is 0.198. The SMILES string of the molecule is CCC(N)Cc1cccc(Br)c1OCCN1CCCCC1. The van der Waals surface area contributed by atoms with Crippen LogP contribution < -0.4 is 10.5 Å². The van der Waals surface area contributed by atoms with Crippen LogP contribution in [0.5, 0.6) is 5.75 Å². The van der Waals surface area contributed by atoms with E-state index in [-0.39, 0.29) is 6.04 Å². The second-order valence-corrected chi connectivity index (χ2v) is 6.71. The van der Waals surface area contributed by atoms with Gasteiger partial charge in [-0.15, -0.1) is 0 Å². The van der Waals surface area contributed by atoms with Crippen LogP contribution in [0.2, 0.25) is 0 Å². The Morgan fingerprint density at radius 2 is 2.05 bits per heavy atom. The van der Waals surface area contributed by atoms with Crippen LogP contribution >= 0.6 is 15.9 Å². The van der Waals surface area contributed by atoms with Crippen molar-refractivity contribution in [2.45, 2.75) is 45.1 Å². The lowest BCUT2D eigenvalue weighted by atomic mass is 10.0. The summed E-state index contributed by atoms with van der Waals surface area (Å²) in [5.41, 5.74) is 7.30. The van der Waals surface area contributed by atoms with E-state index in [1.165, 1.54) is 37.9 Å². The summed E-state index contributed by atoms with van der Waals surface area (Å²) >= 11 is 3.61. The molecule has 0 aromatic heterocycles. The van der Waals surface area contributed by atoms with E-state index in [1.54, 1.807) is 0 Å². The Morgan fingerprint density at radius 3 is 2.76 bits per heavy atom. The predicted octanol–water partition coefficient (Wildman–Crippen LogP) is 3.59. The number of ether oxygens (including phenoxy) is 1. The molecule has 2 rings (SSSR count). The van der Waals surface area contributed by atoms with Gasteiger partial charge in [0.15, 0.2) is 0 Å². The molecule has 1 fully saturated rings. The molecule has 3 nitrogen and oxygen atoms in total. The summed E-state index contributed by atoms with van der Waals surface area (Å²) < 4.78 is 7.10. The van der Waals surface area contributed by atoms with Crippen LogP contribution in [0.1, 0.15) is 38.2 Å². The number of hydrogen-bond donors (Lipinski definition) is 1. The second kappa shape index (κ2) is 8.76. The molecule has 118 valence electrons. The van der Waals surface area contributed by atoms with E-state index in [1.807, 2.05) is 6.07 Å². The molecule has 1 aromatic rings. The minimum Gasteiger partial charge on any atom is -0.491 e. The summed E-state index contributed by atoms with van der Waals surface area (Å²) in [5, 5.41) is 0. The fourth-order valence-corrected chi connectivity index (χ4v) is 3.28. The van der Waals surface area contributed by atoms with Crippen molar-refractivity contribution in [3.8, 4) is 5.75 Å². The molecule has 0 saturated carbocycles. The first kappa shape index (κ1) is 16.8. The van der Waals surface area contributed by atoms with Crippen LogP contribution in [0.25, 0.3) is 0 Å². The molecule has 0 aliphatic carbocycles. The van der Waals surface area contributed by atoms with E-state index >= 15 is 0 Å². The van der Waals surface area contributed by atoms with Crippen LogP contribution in [0.3, 0.4) is 0 Å². The van der Waals surface area contributed by atoms with Gasteiger partial charge in [-0.25, -0.2) is 0 Å². The molecule has 0 radical (unpaired) electrons. The number of rotatable bonds is 7. The van der Waals surface area contributed by atoms with Crippen molar-refractivity contribution in [1.82, 2.24) is 4.90 Å². The van der Waals surface area contributed by atoms with E-state index in [0.29, 0.717) is 0 Å². The van der Waals surface area contributed by atoms with Gasteiger partial charge in [-0.1, -0.05) is 25.5 Å². The summed E-state index contributed by atoms with van der Waals surface area (Å²) in [5.74, 6) is 0.971. The third kappa shape index (κ3) is 5.28. The average molecular weight is 355 g/mol. The highest BCUT2D eigenvalue weighted by atomic mass is 79.9. The first-order valence-electron chi connectivity index (χ1n) is 8.08. The Balaban J connectivity index is 1.91. The Bertz CT molecular complexity index is 433. The minimum absolute atomic E-state index is 0.198. The van der Waals surface area contributed by atoms with Crippen LogP contribution in [0.15, 0.2) is 22.7 Å². The molecule has 1 heterocycles. The Hall–Kier alpha value is -0.580. The predicted molar refractivity (Wildman–Crippen MR) is 91.9 cm³/mol. The Kier molecular flexibility index (Phi) is 7.00. The summed E-state index contributed by atoms with van der Waals surface area (Å²) in [7, 11) is 0. The number of hydrogen-bond acceptors (Lipinski definition) is 3. The number of benzene rings is 1. The van der Waals surface area contributed by atoms with E-state index in [4.69, 9.17) is 10.5 Å². The molecule has 0 amide bonds. The third-order valence-electron chi connectivity index (χ3n) is 4.16. The highest BCUT2D eigenvalue weighted by Crippen LogP contribution is 2.30. The molecule has 1 atom stereocenters. The highest BCUT2D eigenvalue weighted by molar-refractivity contribution is 9.10. The lowest BCUT2D eigenvalue weighted by Gasteiger charge is -2.26. The van der Waals surface area contributed by atoms with Gasteiger partial charge in [-0.05, 0) is 66.3 Å². The summed E-state index contributed by atoms with van der Waals surface area (Å²) in [4.78, 5) is 2.50. The van der Waals surface area contributed by atoms with Crippen LogP contribution in [-0.2, 0) is 6.42 Å². The zero-order valence-corrected chi connectivity index (χ0v) is 14.6. The van der Waals surface area contributed by atoms with Crippen LogP contribution in [0.4, 0.5) is 0 Å². The lowest BCUT2D eigenvalue weighted by molar-refractivity contribution is 0.182. The fourth-order valence-electron chi connectivity index (χ4n) is 2.76. The van der Waals surface area contributed by atoms with Crippen molar-refractivity contribution in [3.05, 3.63) is 28.2 Å². The number of nitrogens with zero attached hydrogens (tertiary/aromatic N) is 1. The average Bonchev–Trinajstić information content (AvgIpc) is 2.51. The number of likely N-dealkylation sites (tertiary alicyclic amines) is 1. The molecule has 2 N–H and O–H groups in total. The standard InChI is InChI=1S/C17H27BrN2O/c1-2-15(19)13-14-7-6-8-16(18)17(14)21-12-11-20-9-4-3-5-10-20/h6-8,15H,2-5,9-13,19H2,1H3. The summed E-state index contributed by atoms with van der Waals surface area (Å²) in [6.45, 7) is 6.32. The van der Waals surface area contributed by atoms with Crippen molar-refractivity contribution in [3.63, 3.8) is 0 Å². The largest absolute Gasteiger partial charge is 0.491 e. The number of halogens is 1. The second-order valence-electron chi connectivity index (χ2n) is 5.85. The smallest absolute Gasteiger partial charge is 0.136 e. The van der Waals surface area contributed by atoms with Gasteiger partial charge in [-0.2, -0.15) is 0 Å². The molecule has 0 bridgehead atoms. The van der Waals surface area contributed by atoms with Gasteiger partial charge in [0.1, 0.15) is 12.4 Å². The Labute approximate surface area is 137 Å². The lowest BCUT2D eigenvalue weighted by Crippen LogP contribution is -2.33. The molecular formula is C17H27BrN2O. The summed E-state index contributed by atoms with van der Waals surface area (Å²) in [6.07, 6.45) is 5.88. The van der Waals surface area contributed by atoms with Crippen molar-refractivity contribution < 1.29 is 4.74 Å². The molecule has 4 heteroatoms. The number of para-hydroxylation sites is 1. The molecule has 1 saturated heterocycles. The van der Waals surface area contributed by atoms with E-state index in [2.05, 4.69) is 39.9 Å². The van der Waals surface area contributed by atoms with E-state index in [0.717, 1.165) is 36.2 Å². The van der Waals surface area contributed by atoms with Gasteiger partial charge in [0, 0.05) is 12.6 Å². The van der Waals surface area contributed by atoms with Gasteiger partial charge < -0.3 is 10.5 Å². The maximum atomic E-state index is 6.09. The van der Waals surface area contributed by atoms with Crippen LogP contribution in [-0.4, -0.2) is 37.2 Å². The van der Waals surface area contributed by atoms with E-state index in [9.17, 15) is 0 Å². The van der Waals surface area contributed by atoms with Gasteiger partial charge in [0.2, 0.25) is 0 Å². The van der Waals surface area contributed by atoms with Crippen molar-refractivity contribution >= 4 is 15.9 Å². The zero-order valence-electron chi connectivity index (χ0n) is 13.0. The molecule has 1 aliphatic heterocycles. The first-order chi connectivity index (χ1) is 10.2. The number of nitrogens with two attached hydrogens (primary N) is 1. The quantitative estimate of drug-likeness (QED) is 0.812. The van der Waals surface area contributed by atoms with Crippen LogP contribution in [0, 0.1) is 0 Å². The first-order valence-corrected chi connectivity index (χ1v) is 8.88. The molecule has 21 heavy (non-hydrogen) atoms. The van der Waals surface area contributed by atoms with Crippen molar-refractivity contribution in [2.24, 2.45) is 5.73 Å². The van der Waals surface area contributed by atoms with Crippen molar-refractivity contribution in [1.29, 1.82) is 0 Å². The molecule has 0 spiro atoms. The van der Waals surface area contributed by atoms with Gasteiger partial charge in [0.25, 0.3) is 0 Å².